The van der Waals surface area contributed by atoms with Gasteiger partial charge in [-0.15, -0.1) is 13.2 Å². The van der Waals surface area contributed by atoms with Gasteiger partial charge >= 0.3 is 12.4 Å². The van der Waals surface area contributed by atoms with Gasteiger partial charge < -0.3 is 9.84 Å². The first-order valence-corrected chi connectivity index (χ1v) is 11.2. The molecular weight excluding hydrogens is 471 g/mol. The van der Waals surface area contributed by atoms with Gasteiger partial charge in [0.25, 0.3) is 0 Å². The van der Waals surface area contributed by atoms with Crippen molar-refractivity contribution in [2.24, 2.45) is 0 Å². The van der Waals surface area contributed by atoms with Crippen LogP contribution in [0.3, 0.4) is 0 Å². The van der Waals surface area contributed by atoms with Crippen molar-refractivity contribution in [2.45, 2.75) is 44.8 Å². The quantitative estimate of drug-likeness (QED) is 0.456. The van der Waals surface area contributed by atoms with E-state index >= 15 is 0 Å². The van der Waals surface area contributed by atoms with Crippen molar-refractivity contribution in [3.05, 3.63) is 89.5 Å². The molecule has 6 nitrogen and oxygen atoms in total. The number of aliphatic hydroxyl groups is 1. The van der Waals surface area contributed by atoms with Crippen molar-refractivity contribution in [1.82, 2.24) is 0 Å². The molecule has 2 atom stereocenters. The number of nitrogens with zero attached hydrogens (tertiary/aromatic N) is 3. The molecule has 9 heteroatoms. The summed E-state index contributed by atoms with van der Waals surface area (Å²) < 4.78 is 43.0. The van der Waals surface area contributed by atoms with Gasteiger partial charge in [0.1, 0.15) is 5.75 Å². The number of aryl methyl sites for hydroxylation is 1. The highest BCUT2D eigenvalue weighted by Crippen LogP contribution is 2.52. The molecule has 1 heterocycles. The normalized spacial score (nSPS) is 22.0. The van der Waals surface area contributed by atoms with Gasteiger partial charge in [-0.3, -0.25) is 9.80 Å². The standard InChI is InChI=1S/C27H24F3N3O3/c1-4-25(3)26(35,20-6-5-7-23(16-20)36-27(28,29)30)33(22-12-8-18(2)9-13-22)24(34)32(25)21-14-10-19(17-31)11-15-21/h5-16,35H,4H2,1-3H3/t25-,26?/m1/s1. The van der Waals surface area contributed by atoms with Crippen LogP contribution in [0.5, 0.6) is 5.75 Å². The van der Waals surface area contributed by atoms with E-state index in [1.807, 2.05) is 13.0 Å². The number of amides is 2. The second kappa shape index (κ2) is 8.88. The number of anilines is 2. The van der Waals surface area contributed by atoms with Crippen molar-refractivity contribution in [3.63, 3.8) is 0 Å². The van der Waals surface area contributed by atoms with Crippen molar-refractivity contribution >= 4 is 17.4 Å². The van der Waals surface area contributed by atoms with Crippen LogP contribution in [-0.2, 0) is 5.72 Å². The number of benzene rings is 3. The number of rotatable bonds is 5. The van der Waals surface area contributed by atoms with Crippen molar-refractivity contribution in [2.75, 3.05) is 9.80 Å². The lowest BCUT2D eigenvalue weighted by molar-refractivity contribution is -0.274. The molecule has 36 heavy (non-hydrogen) atoms. The highest BCUT2D eigenvalue weighted by molar-refractivity contribution is 6.09. The molecule has 1 aliphatic rings. The summed E-state index contributed by atoms with van der Waals surface area (Å²) in [6.07, 6.45) is -4.69. The molecule has 1 aliphatic heterocycles. The molecule has 0 bridgehead atoms. The van der Waals surface area contributed by atoms with Crippen LogP contribution in [-0.4, -0.2) is 23.0 Å². The minimum absolute atomic E-state index is 0.0543. The number of carbonyl (C=O) groups is 1. The van der Waals surface area contributed by atoms with E-state index in [4.69, 9.17) is 0 Å². The SMILES string of the molecule is CC[C@@]1(C)N(c2ccc(C#N)cc2)C(=O)N(c2ccc(C)cc2)C1(O)c1cccc(OC(F)(F)F)c1. The second-order valence-corrected chi connectivity index (χ2v) is 8.82. The Bertz CT molecular complexity index is 1320. The van der Waals surface area contributed by atoms with Gasteiger partial charge in [-0.05, 0) is 68.8 Å². The molecule has 1 unspecified atom stereocenters. The van der Waals surface area contributed by atoms with Gasteiger partial charge in [-0.1, -0.05) is 36.8 Å². The fourth-order valence-corrected chi connectivity index (χ4v) is 4.67. The monoisotopic (exact) mass is 495 g/mol. The van der Waals surface area contributed by atoms with Gasteiger partial charge in [-0.25, -0.2) is 4.79 Å². The van der Waals surface area contributed by atoms with Crippen LogP contribution in [0.15, 0.2) is 72.8 Å². The molecule has 3 aromatic rings. The van der Waals surface area contributed by atoms with Crippen LogP contribution in [0.2, 0.25) is 0 Å². The lowest BCUT2D eigenvalue weighted by Crippen LogP contribution is -2.57. The van der Waals surface area contributed by atoms with Gasteiger partial charge in [0.2, 0.25) is 0 Å². The Hall–Kier alpha value is -4.03. The summed E-state index contributed by atoms with van der Waals surface area (Å²) in [7, 11) is 0. The van der Waals surface area contributed by atoms with E-state index in [-0.39, 0.29) is 12.0 Å². The minimum atomic E-state index is -4.92. The van der Waals surface area contributed by atoms with Crippen LogP contribution in [0.25, 0.3) is 0 Å². The fourth-order valence-electron chi connectivity index (χ4n) is 4.67. The topological polar surface area (TPSA) is 76.8 Å². The van der Waals surface area contributed by atoms with Gasteiger partial charge in [-0.2, -0.15) is 5.26 Å². The molecule has 0 aliphatic carbocycles. The fraction of sp³-hybridized carbons (Fsp3) is 0.259. The Morgan fingerprint density at radius 1 is 1.00 bits per heavy atom. The third kappa shape index (κ3) is 4.03. The number of hydrogen-bond donors (Lipinski definition) is 1. The lowest BCUT2D eigenvalue weighted by Gasteiger charge is -2.44. The zero-order valence-corrected chi connectivity index (χ0v) is 19.9. The Balaban J connectivity index is 1.96. The average molecular weight is 496 g/mol. The number of ether oxygens (including phenoxy) is 1. The highest BCUT2D eigenvalue weighted by atomic mass is 19.4. The molecule has 3 aromatic carbocycles. The maximum atomic E-state index is 14.0. The van der Waals surface area contributed by atoms with Crippen molar-refractivity contribution in [1.29, 1.82) is 5.26 Å². The number of halogens is 3. The van der Waals surface area contributed by atoms with Crippen LogP contribution >= 0.6 is 0 Å². The third-order valence-electron chi connectivity index (χ3n) is 6.66. The summed E-state index contributed by atoms with van der Waals surface area (Å²) in [5.41, 5.74) is -1.25. The zero-order chi connectivity index (χ0) is 26.3. The minimum Gasteiger partial charge on any atom is -0.406 e. The maximum absolute atomic E-state index is 14.0. The first-order chi connectivity index (χ1) is 16.9. The first-order valence-electron chi connectivity index (χ1n) is 11.2. The molecular formula is C27H24F3N3O3. The second-order valence-electron chi connectivity index (χ2n) is 8.82. The Kier molecular flexibility index (Phi) is 6.18. The number of alkyl halides is 3. The largest absolute Gasteiger partial charge is 0.573 e. The van der Waals surface area contributed by atoms with E-state index < -0.39 is 29.4 Å². The van der Waals surface area contributed by atoms with E-state index in [1.165, 1.54) is 21.9 Å². The molecule has 2 amide bonds. The third-order valence-corrected chi connectivity index (χ3v) is 6.66. The van der Waals surface area contributed by atoms with Gasteiger partial charge in [0, 0.05) is 16.9 Å². The van der Waals surface area contributed by atoms with E-state index in [0.717, 1.165) is 17.7 Å². The van der Waals surface area contributed by atoms with Crippen LogP contribution in [0.1, 0.15) is 37.0 Å². The molecule has 0 saturated carbocycles. The van der Waals surface area contributed by atoms with E-state index in [0.29, 0.717) is 16.9 Å². The van der Waals surface area contributed by atoms with E-state index in [2.05, 4.69) is 4.74 Å². The Morgan fingerprint density at radius 2 is 1.58 bits per heavy atom. The molecule has 0 aromatic heterocycles. The van der Waals surface area contributed by atoms with Crippen molar-refractivity contribution < 1.29 is 27.8 Å². The first kappa shape index (κ1) is 25.1. The number of urea groups is 1. The summed E-state index contributed by atoms with van der Waals surface area (Å²) in [4.78, 5) is 16.7. The number of hydrogen-bond acceptors (Lipinski definition) is 4. The molecule has 1 fully saturated rings. The summed E-state index contributed by atoms with van der Waals surface area (Å²) in [5.74, 6) is -0.514. The van der Waals surface area contributed by atoms with Crippen LogP contribution in [0.4, 0.5) is 29.3 Å². The zero-order valence-electron chi connectivity index (χ0n) is 19.9. The van der Waals surface area contributed by atoms with E-state index in [9.17, 15) is 28.3 Å². The molecule has 1 saturated heterocycles. The Morgan fingerprint density at radius 3 is 2.14 bits per heavy atom. The van der Waals surface area contributed by atoms with Crippen LogP contribution < -0.4 is 14.5 Å². The number of carbonyl (C=O) groups excluding carboxylic acids is 1. The summed E-state index contributed by atoms with van der Waals surface area (Å²) in [6.45, 7) is 5.33. The maximum Gasteiger partial charge on any atom is 0.573 e. The van der Waals surface area contributed by atoms with Gasteiger partial charge in [0.05, 0.1) is 17.2 Å². The van der Waals surface area contributed by atoms with E-state index in [1.54, 1.807) is 62.4 Å². The summed E-state index contributed by atoms with van der Waals surface area (Å²) in [5, 5.41) is 21.6. The lowest BCUT2D eigenvalue weighted by atomic mass is 9.80. The Labute approximate surface area is 206 Å². The summed E-state index contributed by atoms with van der Waals surface area (Å²) in [6, 6.07) is 19.7. The number of nitriles is 1. The average Bonchev–Trinajstić information content (AvgIpc) is 3.02. The molecule has 186 valence electrons. The predicted octanol–water partition coefficient (Wildman–Crippen LogP) is 6.23. The van der Waals surface area contributed by atoms with Gasteiger partial charge in [0.15, 0.2) is 5.72 Å². The molecule has 1 N–H and O–H groups in total. The predicted molar refractivity (Wildman–Crippen MR) is 128 cm³/mol. The molecule has 0 spiro atoms. The smallest absolute Gasteiger partial charge is 0.406 e. The van der Waals surface area contributed by atoms with Crippen LogP contribution in [0, 0.1) is 18.3 Å². The highest BCUT2D eigenvalue weighted by Gasteiger charge is 2.65. The van der Waals surface area contributed by atoms with Crippen molar-refractivity contribution in [3.8, 4) is 11.8 Å². The molecule has 0 radical (unpaired) electrons. The summed E-state index contributed by atoms with van der Waals surface area (Å²) >= 11 is 0. The molecule has 4 rings (SSSR count).